The minimum absolute atomic E-state index is 0.0599. The normalized spacial score (nSPS) is 10.5. The third-order valence-electron chi connectivity index (χ3n) is 4.82. The molecule has 0 aromatic heterocycles. The maximum atomic E-state index is 12.7. The van der Waals surface area contributed by atoms with Gasteiger partial charge in [-0.05, 0) is 56.2 Å². The first-order valence-electron chi connectivity index (χ1n) is 10.5. The van der Waals surface area contributed by atoms with Crippen LogP contribution in [-0.2, 0) is 6.61 Å². The van der Waals surface area contributed by atoms with Crippen LogP contribution >= 0.6 is 0 Å². The molecular formula is C24H31NO5. The third-order valence-corrected chi connectivity index (χ3v) is 4.82. The monoisotopic (exact) mass is 413 g/mol. The summed E-state index contributed by atoms with van der Waals surface area (Å²) < 4.78 is 11.9. The topological polar surface area (TPSA) is 76.1 Å². The lowest BCUT2D eigenvalue weighted by molar-refractivity contribution is 0.0695. The fourth-order valence-electron chi connectivity index (χ4n) is 3.06. The highest BCUT2D eigenvalue weighted by atomic mass is 16.5. The molecule has 0 atom stereocenters. The lowest BCUT2D eigenvalue weighted by atomic mass is 10.1. The van der Waals surface area contributed by atoms with Crippen LogP contribution in [0.3, 0.4) is 0 Å². The van der Waals surface area contributed by atoms with E-state index in [1.54, 1.807) is 41.3 Å². The van der Waals surface area contributed by atoms with Crippen LogP contribution in [-0.4, -0.2) is 41.6 Å². The number of carboxylic acids is 1. The number of carbonyl (C=O) groups excluding carboxylic acids is 1. The van der Waals surface area contributed by atoms with Gasteiger partial charge >= 0.3 is 5.97 Å². The van der Waals surface area contributed by atoms with Crippen molar-refractivity contribution < 1.29 is 24.2 Å². The van der Waals surface area contributed by atoms with Crippen LogP contribution in [0.25, 0.3) is 0 Å². The van der Waals surface area contributed by atoms with E-state index in [2.05, 4.69) is 6.92 Å². The molecule has 0 unspecified atom stereocenters. The van der Waals surface area contributed by atoms with E-state index in [0.717, 1.165) is 24.8 Å². The minimum Gasteiger partial charge on any atom is -0.490 e. The van der Waals surface area contributed by atoms with Crippen molar-refractivity contribution in [3.8, 4) is 11.5 Å². The molecule has 0 aliphatic heterocycles. The molecule has 162 valence electrons. The second-order valence-electron chi connectivity index (χ2n) is 6.99. The minimum atomic E-state index is -0.983. The summed E-state index contributed by atoms with van der Waals surface area (Å²) in [5.74, 6) is 0.0145. The average molecular weight is 414 g/mol. The zero-order valence-corrected chi connectivity index (χ0v) is 18.0. The number of rotatable bonds is 12. The summed E-state index contributed by atoms with van der Waals surface area (Å²) in [6.07, 6.45) is 3.12. The van der Waals surface area contributed by atoms with Gasteiger partial charge in [-0.15, -0.1) is 0 Å². The van der Waals surface area contributed by atoms with Crippen LogP contribution in [0.1, 0.15) is 66.3 Å². The summed E-state index contributed by atoms with van der Waals surface area (Å²) in [6, 6.07) is 11.8. The fraction of sp³-hybridized carbons (Fsp3) is 0.417. The number of nitrogens with zero attached hydrogens (tertiary/aromatic N) is 1. The quantitative estimate of drug-likeness (QED) is 0.495. The molecular weight excluding hydrogens is 382 g/mol. The van der Waals surface area contributed by atoms with E-state index >= 15 is 0 Å². The van der Waals surface area contributed by atoms with Gasteiger partial charge in [0.25, 0.3) is 5.91 Å². The van der Waals surface area contributed by atoms with Crippen molar-refractivity contribution in [2.45, 2.75) is 46.6 Å². The second-order valence-corrected chi connectivity index (χ2v) is 6.99. The van der Waals surface area contributed by atoms with Crippen molar-refractivity contribution in [1.29, 1.82) is 0 Å². The molecule has 0 saturated carbocycles. The first kappa shape index (κ1) is 23.3. The Hall–Kier alpha value is -3.02. The molecule has 0 fully saturated rings. The van der Waals surface area contributed by atoms with Crippen molar-refractivity contribution >= 4 is 11.9 Å². The molecule has 6 nitrogen and oxygen atoms in total. The largest absolute Gasteiger partial charge is 0.490 e. The number of carbonyl (C=O) groups is 2. The van der Waals surface area contributed by atoms with Crippen LogP contribution in [0, 0.1) is 0 Å². The van der Waals surface area contributed by atoms with Crippen LogP contribution < -0.4 is 9.47 Å². The Labute approximate surface area is 178 Å². The molecule has 2 rings (SSSR count). The van der Waals surface area contributed by atoms with E-state index in [1.807, 2.05) is 13.8 Å². The Morgan fingerprint density at radius 1 is 0.900 bits per heavy atom. The molecule has 1 amide bonds. The molecule has 0 radical (unpaired) electrons. The van der Waals surface area contributed by atoms with Crippen molar-refractivity contribution in [2.75, 3.05) is 19.7 Å². The van der Waals surface area contributed by atoms with Gasteiger partial charge in [-0.25, -0.2) is 4.79 Å². The van der Waals surface area contributed by atoms with E-state index in [4.69, 9.17) is 9.47 Å². The van der Waals surface area contributed by atoms with E-state index in [0.29, 0.717) is 36.8 Å². The number of benzene rings is 2. The Morgan fingerprint density at radius 2 is 1.67 bits per heavy atom. The molecule has 30 heavy (non-hydrogen) atoms. The summed E-state index contributed by atoms with van der Waals surface area (Å²) in [4.78, 5) is 25.7. The summed E-state index contributed by atoms with van der Waals surface area (Å²) in [5.41, 5.74) is 1.47. The van der Waals surface area contributed by atoms with Crippen LogP contribution in [0.15, 0.2) is 42.5 Å². The molecule has 0 saturated heterocycles. The van der Waals surface area contributed by atoms with Crippen molar-refractivity contribution in [1.82, 2.24) is 4.90 Å². The van der Waals surface area contributed by atoms with Crippen molar-refractivity contribution in [2.24, 2.45) is 0 Å². The molecule has 0 aliphatic rings. The van der Waals surface area contributed by atoms with E-state index in [9.17, 15) is 14.7 Å². The number of hydrogen-bond donors (Lipinski definition) is 1. The predicted molar refractivity (Wildman–Crippen MR) is 116 cm³/mol. The number of carboxylic acid groups (broad SMARTS) is 1. The second kappa shape index (κ2) is 11.9. The number of ether oxygens (including phenoxy) is 2. The SMILES string of the molecule is CCCCCOc1ccc(C(=O)N(CC)CC)cc1OCc1cccc(C(=O)O)c1. The maximum Gasteiger partial charge on any atom is 0.335 e. The Morgan fingerprint density at radius 3 is 2.33 bits per heavy atom. The number of unbranched alkanes of at least 4 members (excludes halogenated alkanes) is 2. The highest BCUT2D eigenvalue weighted by molar-refractivity contribution is 5.95. The zero-order chi connectivity index (χ0) is 21.9. The van der Waals surface area contributed by atoms with Crippen molar-refractivity contribution in [3.63, 3.8) is 0 Å². The number of hydrogen-bond acceptors (Lipinski definition) is 4. The van der Waals surface area contributed by atoms with Gasteiger partial charge in [-0.3, -0.25) is 4.79 Å². The van der Waals surface area contributed by atoms with Crippen LogP contribution in [0.4, 0.5) is 0 Å². The molecule has 0 aliphatic carbocycles. The van der Waals surface area contributed by atoms with Gasteiger partial charge in [0.15, 0.2) is 11.5 Å². The van der Waals surface area contributed by atoms with E-state index < -0.39 is 5.97 Å². The van der Waals surface area contributed by atoms with Gasteiger partial charge in [0, 0.05) is 18.7 Å². The summed E-state index contributed by atoms with van der Waals surface area (Å²) in [6.45, 7) is 8.02. The lowest BCUT2D eigenvalue weighted by Gasteiger charge is -2.20. The summed E-state index contributed by atoms with van der Waals surface area (Å²) >= 11 is 0. The Balaban J connectivity index is 2.23. The maximum absolute atomic E-state index is 12.7. The smallest absolute Gasteiger partial charge is 0.335 e. The van der Waals surface area contributed by atoms with Gasteiger partial charge in [-0.2, -0.15) is 0 Å². The Bertz CT molecular complexity index is 845. The van der Waals surface area contributed by atoms with E-state index in [1.165, 1.54) is 6.07 Å². The van der Waals surface area contributed by atoms with Crippen LogP contribution in [0.5, 0.6) is 11.5 Å². The van der Waals surface area contributed by atoms with Gasteiger partial charge in [0.1, 0.15) is 6.61 Å². The zero-order valence-electron chi connectivity index (χ0n) is 18.0. The summed E-state index contributed by atoms with van der Waals surface area (Å²) in [5, 5.41) is 9.17. The standard InChI is InChI=1S/C24H31NO5/c1-4-7-8-14-29-21-13-12-19(23(26)25(5-2)6-3)16-22(21)30-17-18-10-9-11-20(15-18)24(27)28/h9-13,15-16H,4-8,14,17H2,1-3H3,(H,27,28). The first-order valence-corrected chi connectivity index (χ1v) is 10.5. The molecule has 6 heteroatoms. The average Bonchev–Trinajstić information content (AvgIpc) is 2.76. The lowest BCUT2D eigenvalue weighted by Crippen LogP contribution is -2.30. The Kier molecular flexibility index (Phi) is 9.19. The highest BCUT2D eigenvalue weighted by Crippen LogP contribution is 2.30. The van der Waals surface area contributed by atoms with Gasteiger partial charge < -0.3 is 19.5 Å². The number of aromatic carboxylic acids is 1. The first-order chi connectivity index (χ1) is 14.5. The molecule has 1 N–H and O–H groups in total. The van der Waals surface area contributed by atoms with Gasteiger partial charge in [-0.1, -0.05) is 31.9 Å². The van der Waals surface area contributed by atoms with Gasteiger partial charge in [0.2, 0.25) is 0 Å². The molecule has 0 spiro atoms. The molecule has 0 heterocycles. The molecule has 0 bridgehead atoms. The third kappa shape index (κ3) is 6.51. The molecule has 2 aromatic rings. The van der Waals surface area contributed by atoms with Crippen LogP contribution in [0.2, 0.25) is 0 Å². The van der Waals surface area contributed by atoms with Crippen molar-refractivity contribution in [3.05, 3.63) is 59.2 Å². The molecule has 2 aromatic carbocycles. The highest BCUT2D eigenvalue weighted by Gasteiger charge is 2.16. The van der Waals surface area contributed by atoms with E-state index in [-0.39, 0.29) is 18.1 Å². The summed E-state index contributed by atoms with van der Waals surface area (Å²) in [7, 11) is 0. The van der Waals surface area contributed by atoms with Gasteiger partial charge in [0.05, 0.1) is 12.2 Å². The number of amides is 1. The fourth-order valence-corrected chi connectivity index (χ4v) is 3.06. The predicted octanol–water partition coefficient (Wildman–Crippen LogP) is 5.01.